The summed E-state index contributed by atoms with van der Waals surface area (Å²) in [5.41, 5.74) is 1.93. The lowest BCUT2D eigenvalue weighted by Crippen LogP contribution is -2.47. The van der Waals surface area contributed by atoms with Crippen LogP contribution in [0.4, 0.5) is 5.95 Å². The maximum Gasteiger partial charge on any atom is 0.255 e. The molecule has 0 amide bonds. The molecule has 3 aliphatic rings. The number of fused-ring (bicyclic) bond motifs is 1. The lowest BCUT2D eigenvalue weighted by atomic mass is 9.92. The first-order valence-corrected chi connectivity index (χ1v) is 9.86. The summed E-state index contributed by atoms with van der Waals surface area (Å²) in [4.78, 5) is 25.2. The van der Waals surface area contributed by atoms with Crippen LogP contribution in [0.2, 0.25) is 0 Å². The number of hydrogen-bond donors (Lipinski definition) is 1. The van der Waals surface area contributed by atoms with Gasteiger partial charge in [0.1, 0.15) is 0 Å². The zero-order valence-electron chi connectivity index (χ0n) is 15.5. The largest absolute Gasteiger partial charge is 0.372 e. The SMILES string of the molecule is C[C@@H]1CN(c2nc3c(c(=O)[nH]2)CCN(C2CCCCC2)C3)C[C@H](C)O1. The molecular formula is C19H30N4O2. The first-order valence-electron chi connectivity index (χ1n) is 9.86. The average molecular weight is 346 g/mol. The smallest absolute Gasteiger partial charge is 0.255 e. The summed E-state index contributed by atoms with van der Waals surface area (Å²) in [7, 11) is 0. The Hall–Kier alpha value is -1.40. The maximum atomic E-state index is 12.6. The fraction of sp³-hybridized carbons (Fsp3) is 0.789. The molecule has 0 bridgehead atoms. The Morgan fingerprint density at radius 2 is 1.84 bits per heavy atom. The number of rotatable bonds is 2. The van der Waals surface area contributed by atoms with Gasteiger partial charge in [0.2, 0.25) is 5.95 Å². The molecule has 0 radical (unpaired) electrons. The molecule has 0 aromatic carbocycles. The second-order valence-corrected chi connectivity index (χ2v) is 7.99. The predicted octanol–water partition coefficient (Wildman–Crippen LogP) is 2.07. The number of morpholine rings is 1. The van der Waals surface area contributed by atoms with Crippen molar-refractivity contribution in [2.45, 2.75) is 77.2 Å². The third-order valence-electron chi connectivity index (χ3n) is 5.90. The predicted molar refractivity (Wildman–Crippen MR) is 98.1 cm³/mol. The lowest BCUT2D eigenvalue weighted by molar-refractivity contribution is -0.00577. The minimum Gasteiger partial charge on any atom is -0.372 e. The first-order chi connectivity index (χ1) is 12.1. The van der Waals surface area contributed by atoms with Crippen LogP contribution in [0.1, 0.15) is 57.2 Å². The lowest BCUT2D eigenvalue weighted by Gasteiger charge is -2.38. The highest BCUT2D eigenvalue weighted by molar-refractivity contribution is 5.35. The number of ether oxygens (including phenoxy) is 1. The van der Waals surface area contributed by atoms with E-state index < -0.39 is 0 Å². The Bertz CT molecular complexity index is 658. The molecule has 0 unspecified atom stereocenters. The molecule has 1 aromatic heterocycles. The molecule has 1 aromatic rings. The number of nitrogens with one attached hydrogen (secondary N) is 1. The topological polar surface area (TPSA) is 61.5 Å². The molecule has 2 fully saturated rings. The van der Waals surface area contributed by atoms with Gasteiger partial charge in [0, 0.05) is 37.8 Å². The van der Waals surface area contributed by atoms with Gasteiger partial charge in [-0.15, -0.1) is 0 Å². The Balaban J connectivity index is 1.56. The summed E-state index contributed by atoms with van der Waals surface area (Å²) in [5, 5.41) is 0. The van der Waals surface area contributed by atoms with Crippen LogP contribution in [0.25, 0.3) is 0 Å². The summed E-state index contributed by atoms with van der Waals surface area (Å²) >= 11 is 0. The van der Waals surface area contributed by atoms with Crippen molar-refractivity contribution in [1.29, 1.82) is 0 Å². The molecule has 2 aliphatic heterocycles. The second kappa shape index (κ2) is 7.08. The third kappa shape index (κ3) is 3.60. The van der Waals surface area contributed by atoms with Crippen molar-refractivity contribution in [3.05, 3.63) is 21.6 Å². The van der Waals surface area contributed by atoms with Gasteiger partial charge in [-0.2, -0.15) is 0 Å². The van der Waals surface area contributed by atoms with Crippen LogP contribution in [0.5, 0.6) is 0 Å². The number of hydrogen-bond acceptors (Lipinski definition) is 5. The molecule has 6 heteroatoms. The van der Waals surface area contributed by atoms with E-state index in [4.69, 9.17) is 9.72 Å². The molecular weight excluding hydrogens is 316 g/mol. The number of H-pyrrole nitrogens is 1. The van der Waals surface area contributed by atoms with E-state index in [0.717, 1.165) is 49.8 Å². The van der Waals surface area contributed by atoms with Crippen molar-refractivity contribution >= 4 is 5.95 Å². The number of aromatic nitrogens is 2. The number of anilines is 1. The third-order valence-corrected chi connectivity index (χ3v) is 5.90. The van der Waals surface area contributed by atoms with Crippen LogP contribution in [-0.4, -0.2) is 52.8 Å². The van der Waals surface area contributed by atoms with Crippen LogP contribution >= 0.6 is 0 Å². The van der Waals surface area contributed by atoms with Crippen LogP contribution in [0, 0.1) is 0 Å². The normalized spacial score (nSPS) is 28.8. The van der Waals surface area contributed by atoms with E-state index >= 15 is 0 Å². The molecule has 1 N–H and O–H groups in total. The second-order valence-electron chi connectivity index (χ2n) is 7.99. The van der Waals surface area contributed by atoms with Gasteiger partial charge in [-0.1, -0.05) is 19.3 Å². The van der Waals surface area contributed by atoms with Gasteiger partial charge in [0.15, 0.2) is 0 Å². The van der Waals surface area contributed by atoms with Crippen LogP contribution < -0.4 is 10.5 Å². The Labute approximate surface area is 149 Å². The Morgan fingerprint density at radius 1 is 1.12 bits per heavy atom. The number of nitrogens with zero attached hydrogens (tertiary/aromatic N) is 3. The van der Waals surface area contributed by atoms with E-state index in [-0.39, 0.29) is 17.8 Å². The highest BCUT2D eigenvalue weighted by Gasteiger charge is 2.29. The van der Waals surface area contributed by atoms with E-state index in [1.54, 1.807) is 0 Å². The van der Waals surface area contributed by atoms with E-state index in [1.807, 2.05) is 0 Å². The van der Waals surface area contributed by atoms with Crippen molar-refractivity contribution in [3.8, 4) is 0 Å². The standard InChI is InChI=1S/C19H30N4O2/c1-13-10-23(11-14(2)25-13)19-20-17-12-22(15-6-4-3-5-7-15)9-8-16(17)18(24)21-19/h13-15H,3-12H2,1-2H3,(H,20,21,24)/t13-,14+. The first kappa shape index (κ1) is 17.0. The summed E-state index contributed by atoms with van der Waals surface area (Å²) in [6.07, 6.45) is 7.78. The van der Waals surface area contributed by atoms with E-state index in [0.29, 0.717) is 6.04 Å². The molecule has 1 saturated heterocycles. The zero-order chi connectivity index (χ0) is 17.4. The van der Waals surface area contributed by atoms with E-state index in [1.165, 1.54) is 32.1 Å². The molecule has 1 saturated carbocycles. The quantitative estimate of drug-likeness (QED) is 0.888. The Morgan fingerprint density at radius 3 is 2.56 bits per heavy atom. The highest BCUT2D eigenvalue weighted by Crippen LogP contribution is 2.27. The van der Waals surface area contributed by atoms with Crippen LogP contribution in [0.3, 0.4) is 0 Å². The highest BCUT2D eigenvalue weighted by atomic mass is 16.5. The van der Waals surface area contributed by atoms with Gasteiger partial charge in [-0.3, -0.25) is 14.7 Å². The minimum atomic E-state index is 0.0510. The van der Waals surface area contributed by atoms with Crippen molar-refractivity contribution in [2.24, 2.45) is 0 Å². The van der Waals surface area contributed by atoms with Gasteiger partial charge in [0.05, 0.1) is 17.9 Å². The molecule has 4 rings (SSSR count). The van der Waals surface area contributed by atoms with Crippen molar-refractivity contribution in [3.63, 3.8) is 0 Å². The maximum absolute atomic E-state index is 12.6. The summed E-state index contributed by atoms with van der Waals surface area (Å²) < 4.78 is 5.81. The van der Waals surface area contributed by atoms with Gasteiger partial charge >= 0.3 is 0 Å². The van der Waals surface area contributed by atoms with Gasteiger partial charge < -0.3 is 9.64 Å². The van der Waals surface area contributed by atoms with E-state index in [9.17, 15) is 4.79 Å². The average Bonchev–Trinajstić information content (AvgIpc) is 2.61. The van der Waals surface area contributed by atoms with Crippen LogP contribution in [-0.2, 0) is 17.7 Å². The molecule has 0 spiro atoms. The Kier molecular flexibility index (Phi) is 4.82. The van der Waals surface area contributed by atoms with Crippen molar-refractivity contribution < 1.29 is 4.74 Å². The molecule has 2 atom stereocenters. The minimum absolute atomic E-state index is 0.0510. The summed E-state index contributed by atoms with van der Waals surface area (Å²) in [5.74, 6) is 0.719. The van der Waals surface area contributed by atoms with Gasteiger partial charge in [-0.05, 0) is 33.1 Å². The molecule has 3 heterocycles. The monoisotopic (exact) mass is 346 g/mol. The van der Waals surface area contributed by atoms with Gasteiger partial charge in [0.25, 0.3) is 5.56 Å². The fourth-order valence-electron chi connectivity index (χ4n) is 4.71. The molecule has 138 valence electrons. The van der Waals surface area contributed by atoms with Gasteiger partial charge in [-0.25, -0.2) is 4.98 Å². The zero-order valence-corrected chi connectivity index (χ0v) is 15.5. The fourth-order valence-corrected chi connectivity index (χ4v) is 4.71. The number of aromatic amines is 1. The summed E-state index contributed by atoms with van der Waals surface area (Å²) in [6.45, 7) is 7.52. The summed E-state index contributed by atoms with van der Waals surface area (Å²) in [6, 6.07) is 0.676. The van der Waals surface area contributed by atoms with Crippen LogP contribution in [0.15, 0.2) is 4.79 Å². The van der Waals surface area contributed by atoms with E-state index in [2.05, 4.69) is 28.6 Å². The molecule has 1 aliphatic carbocycles. The van der Waals surface area contributed by atoms with Crippen molar-refractivity contribution in [1.82, 2.24) is 14.9 Å². The molecule has 25 heavy (non-hydrogen) atoms. The molecule has 6 nitrogen and oxygen atoms in total. The van der Waals surface area contributed by atoms with Crippen molar-refractivity contribution in [2.75, 3.05) is 24.5 Å².